The maximum absolute atomic E-state index is 11.8. The van der Waals surface area contributed by atoms with E-state index in [0.717, 1.165) is 6.42 Å². The molecule has 0 spiro atoms. The van der Waals surface area contributed by atoms with Gasteiger partial charge in [-0.2, -0.15) is 0 Å². The van der Waals surface area contributed by atoms with Crippen molar-refractivity contribution in [3.8, 4) is 0 Å². The molecule has 1 amide bonds. The molecule has 0 radical (unpaired) electrons. The van der Waals surface area contributed by atoms with Crippen LogP contribution in [0.4, 0.5) is 0 Å². The topological polar surface area (TPSA) is 49.3 Å². The standard InChI is InChI=1S/C14H20ClNO2/c1-4-10(2)14(3,18)9-16-13(17)11-5-7-12(15)8-6-11/h5-8,10,18H,4,9H2,1-3H3,(H,16,17). The van der Waals surface area contributed by atoms with Crippen LogP contribution in [0.25, 0.3) is 0 Å². The number of carbonyl (C=O) groups is 1. The van der Waals surface area contributed by atoms with E-state index in [1.807, 2.05) is 13.8 Å². The highest BCUT2D eigenvalue weighted by molar-refractivity contribution is 6.30. The summed E-state index contributed by atoms with van der Waals surface area (Å²) in [7, 11) is 0. The van der Waals surface area contributed by atoms with Gasteiger partial charge in [0.15, 0.2) is 0 Å². The Labute approximate surface area is 113 Å². The number of rotatable bonds is 5. The molecular formula is C14H20ClNO2. The van der Waals surface area contributed by atoms with Crippen LogP contribution >= 0.6 is 11.6 Å². The molecule has 1 aromatic carbocycles. The van der Waals surface area contributed by atoms with Crippen molar-refractivity contribution in [3.63, 3.8) is 0 Å². The van der Waals surface area contributed by atoms with Gasteiger partial charge in [0.25, 0.3) is 5.91 Å². The second-order valence-electron chi connectivity index (χ2n) is 4.86. The van der Waals surface area contributed by atoms with Crippen LogP contribution in [-0.4, -0.2) is 23.2 Å². The summed E-state index contributed by atoms with van der Waals surface area (Å²) in [6.07, 6.45) is 0.865. The molecule has 1 rings (SSSR count). The summed E-state index contributed by atoms with van der Waals surface area (Å²) in [4.78, 5) is 11.8. The fourth-order valence-electron chi connectivity index (χ4n) is 1.58. The Balaban J connectivity index is 2.58. The van der Waals surface area contributed by atoms with Crippen LogP contribution in [0.2, 0.25) is 5.02 Å². The molecule has 0 aromatic heterocycles. The molecule has 0 saturated carbocycles. The summed E-state index contributed by atoms with van der Waals surface area (Å²) >= 11 is 5.75. The van der Waals surface area contributed by atoms with Crippen molar-refractivity contribution >= 4 is 17.5 Å². The molecular weight excluding hydrogens is 250 g/mol. The van der Waals surface area contributed by atoms with Crippen LogP contribution in [0.5, 0.6) is 0 Å². The monoisotopic (exact) mass is 269 g/mol. The molecule has 0 heterocycles. The van der Waals surface area contributed by atoms with E-state index in [1.54, 1.807) is 31.2 Å². The molecule has 3 nitrogen and oxygen atoms in total. The minimum atomic E-state index is -0.892. The summed E-state index contributed by atoms with van der Waals surface area (Å²) in [6, 6.07) is 6.66. The number of nitrogens with one attached hydrogen (secondary N) is 1. The second-order valence-corrected chi connectivity index (χ2v) is 5.29. The van der Waals surface area contributed by atoms with Crippen molar-refractivity contribution in [2.24, 2.45) is 5.92 Å². The third kappa shape index (κ3) is 4.00. The molecule has 0 fully saturated rings. The Morgan fingerprint density at radius 3 is 2.50 bits per heavy atom. The molecule has 1 aromatic rings. The van der Waals surface area contributed by atoms with Crippen molar-refractivity contribution < 1.29 is 9.90 Å². The van der Waals surface area contributed by atoms with Gasteiger partial charge in [-0.05, 0) is 37.1 Å². The lowest BCUT2D eigenvalue weighted by molar-refractivity contribution is 0.00593. The normalized spacial score (nSPS) is 15.8. The van der Waals surface area contributed by atoms with Gasteiger partial charge in [-0.25, -0.2) is 0 Å². The van der Waals surface area contributed by atoms with Gasteiger partial charge in [0, 0.05) is 17.1 Å². The summed E-state index contributed by atoms with van der Waals surface area (Å²) in [5.41, 5.74) is -0.351. The third-order valence-electron chi connectivity index (χ3n) is 3.39. The Bertz CT molecular complexity index is 401. The molecule has 0 bridgehead atoms. The number of benzene rings is 1. The molecule has 2 N–H and O–H groups in total. The Morgan fingerprint density at radius 1 is 1.44 bits per heavy atom. The maximum Gasteiger partial charge on any atom is 0.251 e. The molecule has 18 heavy (non-hydrogen) atoms. The van der Waals surface area contributed by atoms with E-state index < -0.39 is 5.60 Å². The number of aliphatic hydroxyl groups is 1. The highest BCUT2D eigenvalue weighted by Crippen LogP contribution is 2.19. The largest absolute Gasteiger partial charge is 0.388 e. The minimum absolute atomic E-state index is 0.128. The van der Waals surface area contributed by atoms with Crippen LogP contribution in [0.3, 0.4) is 0 Å². The van der Waals surface area contributed by atoms with Crippen molar-refractivity contribution in [3.05, 3.63) is 34.9 Å². The van der Waals surface area contributed by atoms with Gasteiger partial charge in [0.05, 0.1) is 5.60 Å². The first-order valence-corrected chi connectivity index (χ1v) is 6.50. The molecule has 0 aliphatic heterocycles. The first-order chi connectivity index (χ1) is 8.36. The van der Waals surface area contributed by atoms with Crippen LogP contribution in [0.1, 0.15) is 37.6 Å². The lowest BCUT2D eigenvalue weighted by Gasteiger charge is -2.29. The van der Waals surface area contributed by atoms with Gasteiger partial charge in [-0.1, -0.05) is 31.9 Å². The second kappa shape index (κ2) is 6.21. The average Bonchev–Trinajstić information content (AvgIpc) is 2.35. The number of amides is 1. The molecule has 4 heteroatoms. The summed E-state index contributed by atoms with van der Waals surface area (Å²) in [6.45, 7) is 5.96. The number of halogens is 1. The van der Waals surface area contributed by atoms with Gasteiger partial charge in [-0.3, -0.25) is 4.79 Å². The lowest BCUT2D eigenvalue weighted by Crippen LogP contribution is -2.45. The zero-order chi connectivity index (χ0) is 13.8. The van der Waals surface area contributed by atoms with E-state index in [2.05, 4.69) is 5.32 Å². The first-order valence-electron chi connectivity index (χ1n) is 6.13. The van der Waals surface area contributed by atoms with Crippen LogP contribution in [0.15, 0.2) is 24.3 Å². The fourth-order valence-corrected chi connectivity index (χ4v) is 1.70. The Kier molecular flexibility index (Phi) is 5.17. The number of hydrogen-bond acceptors (Lipinski definition) is 2. The van der Waals surface area contributed by atoms with E-state index >= 15 is 0 Å². The Morgan fingerprint density at radius 2 is 2.00 bits per heavy atom. The van der Waals surface area contributed by atoms with Crippen molar-refractivity contribution in [1.29, 1.82) is 0 Å². The summed E-state index contributed by atoms with van der Waals surface area (Å²) in [5.74, 6) is -0.0711. The highest BCUT2D eigenvalue weighted by Gasteiger charge is 2.27. The van der Waals surface area contributed by atoms with Gasteiger partial charge >= 0.3 is 0 Å². The van der Waals surface area contributed by atoms with E-state index in [4.69, 9.17) is 11.6 Å². The molecule has 0 saturated heterocycles. The molecule has 0 aliphatic rings. The smallest absolute Gasteiger partial charge is 0.251 e. The van der Waals surface area contributed by atoms with Crippen molar-refractivity contribution in [1.82, 2.24) is 5.32 Å². The lowest BCUT2D eigenvalue weighted by atomic mass is 9.88. The Hall–Kier alpha value is -1.06. The zero-order valence-electron chi connectivity index (χ0n) is 11.0. The van der Waals surface area contributed by atoms with Crippen LogP contribution in [0, 0.1) is 5.92 Å². The molecule has 2 atom stereocenters. The SMILES string of the molecule is CCC(C)C(C)(O)CNC(=O)c1ccc(Cl)cc1. The van der Waals surface area contributed by atoms with E-state index in [9.17, 15) is 9.90 Å². The summed E-state index contributed by atoms with van der Waals surface area (Å²) < 4.78 is 0. The highest BCUT2D eigenvalue weighted by atomic mass is 35.5. The predicted molar refractivity (Wildman–Crippen MR) is 73.9 cm³/mol. The van der Waals surface area contributed by atoms with Gasteiger partial charge in [-0.15, -0.1) is 0 Å². The van der Waals surface area contributed by atoms with Crippen LogP contribution in [-0.2, 0) is 0 Å². The van der Waals surface area contributed by atoms with E-state index in [0.29, 0.717) is 10.6 Å². The zero-order valence-corrected chi connectivity index (χ0v) is 11.8. The quantitative estimate of drug-likeness (QED) is 0.864. The molecule has 100 valence electrons. The molecule has 0 aliphatic carbocycles. The average molecular weight is 270 g/mol. The van der Waals surface area contributed by atoms with Gasteiger partial charge < -0.3 is 10.4 Å². The van der Waals surface area contributed by atoms with Crippen LogP contribution < -0.4 is 5.32 Å². The van der Waals surface area contributed by atoms with E-state index in [1.165, 1.54) is 0 Å². The van der Waals surface area contributed by atoms with Gasteiger partial charge in [0.2, 0.25) is 0 Å². The first kappa shape index (κ1) is 15.0. The van der Waals surface area contributed by atoms with Crippen molar-refractivity contribution in [2.45, 2.75) is 32.8 Å². The fraction of sp³-hybridized carbons (Fsp3) is 0.500. The number of hydrogen-bond donors (Lipinski definition) is 2. The third-order valence-corrected chi connectivity index (χ3v) is 3.64. The van der Waals surface area contributed by atoms with Gasteiger partial charge in [0.1, 0.15) is 0 Å². The summed E-state index contributed by atoms with van der Waals surface area (Å²) in [5, 5.41) is 13.5. The van der Waals surface area contributed by atoms with Crippen molar-refractivity contribution in [2.75, 3.05) is 6.54 Å². The number of carbonyl (C=O) groups excluding carboxylic acids is 1. The molecule has 2 unspecified atom stereocenters. The maximum atomic E-state index is 11.8. The predicted octanol–water partition coefficient (Wildman–Crippen LogP) is 2.87. The minimum Gasteiger partial charge on any atom is -0.388 e. The van der Waals surface area contributed by atoms with E-state index in [-0.39, 0.29) is 18.4 Å².